The van der Waals surface area contributed by atoms with Crippen LogP contribution in [0.2, 0.25) is 0 Å². The van der Waals surface area contributed by atoms with E-state index in [0.717, 1.165) is 35.3 Å². The molecule has 1 N–H and O–H groups in total. The van der Waals surface area contributed by atoms with Gasteiger partial charge in [0.2, 0.25) is 5.91 Å². The van der Waals surface area contributed by atoms with Crippen molar-refractivity contribution in [2.45, 2.75) is 59.0 Å². The SMILES string of the molecule is Cc1nn(Cc2ccccc2)c(C)c1CNC(=O)C[C@@H]1C[C@@H]2CC[C@@H]1C2. The van der Waals surface area contributed by atoms with E-state index in [1.165, 1.54) is 31.2 Å². The molecule has 1 heterocycles. The summed E-state index contributed by atoms with van der Waals surface area (Å²) in [7, 11) is 0. The lowest BCUT2D eigenvalue weighted by Gasteiger charge is -2.20. The van der Waals surface area contributed by atoms with Crippen LogP contribution in [0.5, 0.6) is 0 Å². The standard InChI is InChI=1S/C22H29N3O/c1-15-21(16(2)25(24-15)14-17-6-4-3-5-7-17)13-23-22(26)12-20-11-18-8-9-19(20)10-18/h3-7,18-20H,8-14H2,1-2H3,(H,23,26)/t18-,19-,20+/m1/s1. The van der Waals surface area contributed by atoms with Crippen LogP contribution in [0.1, 0.15) is 54.6 Å². The van der Waals surface area contributed by atoms with Crippen LogP contribution in [0.3, 0.4) is 0 Å². The van der Waals surface area contributed by atoms with Crippen molar-refractivity contribution in [1.29, 1.82) is 0 Å². The number of nitrogens with zero attached hydrogens (tertiary/aromatic N) is 2. The Hall–Kier alpha value is -2.10. The number of amides is 1. The van der Waals surface area contributed by atoms with Gasteiger partial charge in [-0.25, -0.2) is 0 Å². The first-order valence-corrected chi connectivity index (χ1v) is 9.93. The molecule has 2 aliphatic rings. The van der Waals surface area contributed by atoms with E-state index < -0.39 is 0 Å². The van der Waals surface area contributed by atoms with Gasteiger partial charge in [-0.15, -0.1) is 0 Å². The van der Waals surface area contributed by atoms with Crippen LogP contribution in [-0.4, -0.2) is 15.7 Å². The van der Waals surface area contributed by atoms with Crippen LogP contribution in [0, 0.1) is 31.6 Å². The summed E-state index contributed by atoms with van der Waals surface area (Å²) in [5.41, 5.74) is 4.55. The lowest BCUT2D eigenvalue weighted by Crippen LogP contribution is -2.27. The minimum Gasteiger partial charge on any atom is -0.352 e. The van der Waals surface area contributed by atoms with Gasteiger partial charge in [-0.2, -0.15) is 5.10 Å². The van der Waals surface area contributed by atoms with E-state index >= 15 is 0 Å². The maximum Gasteiger partial charge on any atom is 0.220 e. The Bertz CT molecular complexity index is 780. The van der Waals surface area contributed by atoms with Gasteiger partial charge < -0.3 is 5.32 Å². The van der Waals surface area contributed by atoms with E-state index in [-0.39, 0.29) is 5.91 Å². The summed E-state index contributed by atoms with van der Waals surface area (Å²) in [6.45, 7) is 5.49. The molecule has 0 aliphatic heterocycles. The van der Waals surface area contributed by atoms with Crippen LogP contribution in [0.4, 0.5) is 0 Å². The number of carbonyl (C=O) groups is 1. The van der Waals surface area contributed by atoms with Crippen LogP contribution in [0.15, 0.2) is 30.3 Å². The highest BCUT2D eigenvalue weighted by atomic mass is 16.1. The van der Waals surface area contributed by atoms with E-state index in [0.29, 0.717) is 18.9 Å². The number of aryl methyl sites for hydroxylation is 1. The Kier molecular flexibility index (Phi) is 4.84. The highest BCUT2D eigenvalue weighted by Crippen LogP contribution is 2.49. The second-order valence-electron chi connectivity index (χ2n) is 8.21. The summed E-state index contributed by atoms with van der Waals surface area (Å²) in [5, 5.41) is 7.84. The number of hydrogen-bond donors (Lipinski definition) is 1. The maximum absolute atomic E-state index is 12.4. The predicted octanol–water partition coefficient (Wildman–Crippen LogP) is 3.99. The number of rotatable bonds is 6. The molecule has 2 bridgehead atoms. The van der Waals surface area contributed by atoms with Crippen LogP contribution in [0.25, 0.3) is 0 Å². The molecule has 1 aromatic carbocycles. The Morgan fingerprint density at radius 1 is 1.19 bits per heavy atom. The normalized spacial score (nSPS) is 24.2. The van der Waals surface area contributed by atoms with E-state index in [4.69, 9.17) is 0 Å². The third-order valence-electron chi connectivity index (χ3n) is 6.50. The van der Waals surface area contributed by atoms with Gasteiger partial charge in [0.1, 0.15) is 0 Å². The fraction of sp³-hybridized carbons (Fsp3) is 0.545. The van der Waals surface area contributed by atoms with Gasteiger partial charge >= 0.3 is 0 Å². The number of aromatic nitrogens is 2. The molecule has 2 fully saturated rings. The minimum atomic E-state index is 0.206. The number of carbonyl (C=O) groups excluding carboxylic acids is 1. The lowest BCUT2D eigenvalue weighted by molar-refractivity contribution is -0.122. The molecule has 0 unspecified atom stereocenters. The van der Waals surface area contributed by atoms with Gasteiger partial charge in [-0.05, 0) is 56.4 Å². The minimum absolute atomic E-state index is 0.206. The predicted molar refractivity (Wildman–Crippen MR) is 103 cm³/mol. The topological polar surface area (TPSA) is 46.9 Å². The van der Waals surface area contributed by atoms with Gasteiger partial charge in [0.25, 0.3) is 0 Å². The second kappa shape index (κ2) is 7.26. The monoisotopic (exact) mass is 351 g/mol. The fourth-order valence-corrected chi connectivity index (χ4v) is 5.02. The van der Waals surface area contributed by atoms with Crippen molar-refractivity contribution in [2.24, 2.45) is 17.8 Å². The van der Waals surface area contributed by atoms with Crippen LogP contribution in [-0.2, 0) is 17.9 Å². The molecule has 2 aliphatic carbocycles. The summed E-state index contributed by atoms with van der Waals surface area (Å²) in [5.74, 6) is 2.54. The fourth-order valence-electron chi connectivity index (χ4n) is 5.02. The Morgan fingerprint density at radius 2 is 2.00 bits per heavy atom. The Labute approximate surface area is 156 Å². The summed E-state index contributed by atoms with van der Waals surface area (Å²) in [4.78, 5) is 12.4. The molecule has 4 nitrogen and oxygen atoms in total. The van der Waals surface area contributed by atoms with Gasteiger partial charge in [0, 0.05) is 24.2 Å². The molecule has 4 rings (SSSR count). The van der Waals surface area contributed by atoms with Crippen molar-refractivity contribution in [3.63, 3.8) is 0 Å². The summed E-state index contributed by atoms with van der Waals surface area (Å²) < 4.78 is 2.04. The van der Waals surface area contributed by atoms with Crippen LogP contribution < -0.4 is 5.32 Å². The van der Waals surface area contributed by atoms with Crippen molar-refractivity contribution in [1.82, 2.24) is 15.1 Å². The molecular weight excluding hydrogens is 322 g/mol. The van der Waals surface area contributed by atoms with Crippen molar-refractivity contribution < 1.29 is 4.79 Å². The largest absolute Gasteiger partial charge is 0.352 e. The zero-order chi connectivity index (χ0) is 18.1. The summed E-state index contributed by atoms with van der Waals surface area (Å²) >= 11 is 0. The van der Waals surface area contributed by atoms with Gasteiger partial charge in [0.05, 0.1) is 12.2 Å². The third kappa shape index (κ3) is 3.55. The van der Waals surface area contributed by atoms with Gasteiger partial charge in [-0.3, -0.25) is 9.48 Å². The molecule has 1 aromatic heterocycles. The molecule has 138 valence electrons. The first-order chi connectivity index (χ1) is 12.6. The summed E-state index contributed by atoms with van der Waals surface area (Å²) in [6.07, 6.45) is 6.07. The smallest absolute Gasteiger partial charge is 0.220 e. The first kappa shape index (κ1) is 17.3. The average molecular weight is 351 g/mol. The van der Waals surface area contributed by atoms with Crippen molar-refractivity contribution in [2.75, 3.05) is 0 Å². The van der Waals surface area contributed by atoms with Crippen molar-refractivity contribution in [3.8, 4) is 0 Å². The van der Waals surface area contributed by atoms with Gasteiger partial charge in [0.15, 0.2) is 0 Å². The number of nitrogens with one attached hydrogen (secondary N) is 1. The number of benzene rings is 1. The molecule has 4 heteroatoms. The van der Waals surface area contributed by atoms with E-state index in [1.807, 2.05) is 17.7 Å². The molecular formula is C22H29N3O. The number of hydrogen-bond acceptors (Lipinski definition) is 2. The Balaban J connectivity index is 1.35. The zero-order valence-corrected chi connectivity index (χ0v) is 15.9. The van der Waals surface area contributed by atoms with Crippen molar-refractivity contribution in [3.05, 3.63) is 52.8 Å². The molecule has 1 amide bonds. The van der Waals surface area contributed by atoms with Crippen molar-refractivity contribution >= 4 is 5.91 Å². The third-order valence-corrected chi connectivity index (χ3v) is 6.50. The van der Waals surface area contributed by atoms with E-state index in [2.05, 4.69) is 41.6 Å². The second-order valence-corrected chi connectivity index (χ2v) is 8.21. The molecule has 0 saturated heterocycles. The molecule has 0 spiro atoms. The van der Waals surface area contributed by atoms with E-state index in [1.54, 1.807) is 0 Å². The Morgan fingerprint density at radius 3 is 2.69 bits per heavy atom. The molecule has 2 saturated carbocycles. The summed E-state index contributed by atoms with van der Waals surface area (Å²) in [6, 6.07) is 10.4. The zero-order valence-electron chi connectivity index (χ0n) is 15.9. The lowest BCUT2D eigenvalue weighted by atomic mass is 9.86. The maximum atomic E-state index is 12.4. The highest BCUT2D eigenvalue weighted by Gasteiger charge is 2.40. The first-order valence-electron chi connectivity index (χ1n) is 9.93. The van der Waals surface area contributed by atoms with E-state index in [9.17, 15) is 4.79 Å². The number of fused-ring (bicyclic) bond motifs is 2. The molecule has 26 heavy (non-hydrogen) atoms. The molecule has 2 aromatic rings. The highest BCUT2D eigenvalue weighted by molar-refractivity contribution is 5.76. The molecule has 3 atom stereocenters. The van der Waals surface area contributed by atoms with Gasteiger partial charge in [-0.1, -0.05) is 36.8 Å². The average Bonchev–Trinajstić information content (AvgIpc) is 3.31. The quantitative estimate of drug-likeness (QED) is 0.855. The van der Waals surface area contributed by atoms with Crippen LogP contribution >= 0.6 is 0 Å². The molecule has 0 radical (unpaired) electrons.